The van der Waals surface area contributed by atoms with E-state index in [-0.39, 0.29) is 6.04 Å². The van der Waals surface area contributed by atoms with Crippen LogP contribution in [0.2, 0.25) is 9.36 Å². The number of benzene rings is 1. The first-order valence-corrected chi connectivity index (χ1v) is 6.90. The molecule has 2 rings (SSSR count). The molecule has 0 fully saturated rings. The molecule has 1 nitrogen and oxygen atoms in total. The van der Waals surface area contributed by atoms with Crippen molar-refractivity contribution in [3.05, 3.63) is 54.6 Å². The molecule has 2 aromatic rings. The van der Waals surface area contributed by atoms with E-state index in [0.29, 0.717) is 5.02 Å². The van der Waals surface area contributed by atoms with E-state index in [1.165, 1.54) is 11.3 Å². The van der Waals surface area contributed by atoms with Gasteiger partial charge >= 0.3 is 0 Å². The Kier molecular flexibility index (Phi) is 3.93. The molecule has 1 aromatic heterocycles. The highest BCUT2D eigenvalue weighted by Gasteiger charge is 2.14. The Labute approximate surface area is 116 Å². The van der Waals surface area contributed by atoms with Crippen LogP contribution in [0.25, 0.3) is 0 Å². The summed E-state index contributed by atoms with van der Waals surface area (Å²) < 4.78 is 1.70. The molecule has 0 bridgehead atoms. The maximum atomic E-state index is 6.15. The molecule has 2 N–H and O–H groups in total. The second-order valence-corrected chi connectivity index (χ2v) is 6.35. The molecule has 84 valence electrons. The molecular weight excluding hydrogens is 329 g/mol. The number of hydrogen-bond acceptors (Lipinski definition) is 2. The van der Waals surface area contributed by atoms with Gasteiger partial charge in [-0.25, -0.2) is 0 Å². The molecule has 1 aromatic carbocycles. The Bertz CT molecular complexity index is 512. The van der Waals surface area contributed by atoms with Gasteiger partial charge in [0.2, 0.25) is 0 Å². The van der Waals surface area contributed by atoms with Gasteiger partial charge in [0, 0.05) is 14.4 Å². The standard InChI is InChI=1S/C11H8BrCl2NS/c12-6-1-2-8(13)7(5-6)11(15)9-3-4-10(14)16-9/h1-5,11H,15H2. The van der Waals surface area contributed by atoms with Gasteiger partial charge in [0.1, 0.15) is 0 Å². The topological polar surface area (TPSA) is 26.0 Å². The van der Waals surface area contributed by atoms with E-state index in [4.69, 9.17) is 28.9 Å². The molecule has 0 aliphatic heterocycles. The Balaban J connectivity index is 2.40. The van der Waals surface area contributed by atoms with E-state index in [9.17, 15) is 0 Å². The summed E-state index contributed by atoms with van der Waals surface area (Å²) in [6.07, 6.45) is 0. The Morgan fingerprint density at radius 3 is 2.56 bits per heavy atom. The van der Waals surface area contributed by atoms with Gasteiger partial charge in [-0.15, -0.1) is 11.3 Å². The van der Waals surface area contributed by atoms with Crippen LogP contribution < -0.4 is 5.73 Å². The van der Waals surface area contributed by atoms with Crippen molar-refractivity contribution < 1.29 is 0 Å². The third-order valence-electron chi connectivity index (χ3n) is 2.19. The molecule has 1 heterocycles. The van der Waals surface area contributed by atoms with Crippen LogP contribution in [0.1, 0.15) is 16.5 Å². The Hall–Kier alpha value is -0.0600. The molecule has 0 aliphatic rings. The van der Waals surface area contributed by atoms with Crippen LogP contribution in [-0.2, 0) is 0 Å². The quantitative estimate of drug-likeness (QED) is 0.832. The fraction of sp³-hybridized carbons (Fsp3) is 0.0909. The van der Waals surface area contributed by atoms with E-state index < -0.39 is 0 Å². The number of thiophene rings is 1. The van der Waals surface area contributed by atoms with Crippen molar-refractivity contribution in [1.82, 2.24) is 0 Å². The molecule has 1 unspecified atom stereocenters. The zero-order chi connectivity index (χ0) is 11.7. The zero-order valence-electron chi connectivity index (χ0n) is 8.08. The Morgan fingerprint density at radius 2 is 1.94 bits per heavy atom. The summed E-state index contributed by atoms with van der Waals surface area (Å²) in [5.74, 6) is 0. The fourth-order valence-electron chi connectivity index (χ4n) is 1.40. The predicted octanol–water partition coefficient (Wildman–Crippen LogP) is 4.87. The lowest BCUT2D eigenvalue weighted by molar-refractivity contribution is 0.893. The number of nitrogens with two attached hydrogens (primary N) is 1. The number of rotatable bonds is 2. The summed E-state index contributed by atoms with van der Waals surface area (Å²) in [5, 5.41) is 0.667. The highest BCUT2D eigenvalue weighted by atomic mass is 79.9. The molecule has 0 spiro atoms. The smallest absolute Gasteiger partial charge is 0.0931 e. The van der Waals surface area contributed by atoms with Crippen LogP contribution in [0.3, 0.4) is 0 Å². The molecule has 0 saturated heterocycles. The van der Waals surface area contributed by atoms with Crippen molar-refractivity contribution in [2.45, 2.75) is 6.04 Å². The van der Waals surface area contributed by atoms with E-state index in [0.717, 1.165) is 19.2 Å². The lowest BCUT2D eigenvalue weighted by Gasteiger charge is -2.12. The van der Waals surface area contributed by atoms with Crippen LogP contribution in [0, 0.1) is 0 Å². The van der Waals surface area contributed by atoms with E-state index in [1.807, 2.05) is 30.3 Å². The first kappa shape index (κ1) is 12.4. The summed E-state index contributed by atoms with van der Waals surface area (Å²) in [5.41, 5.74) is 7.04. The minimum absolute atomic E-state index is 0.234. The lowest BCUT2D eigenvalue weighted by atomic mass is 10.1. The molecule has 0 aliphatic carbocycles. The van der Waals surface area contributed by atoms with Crippen molar-refractivity contribution >= 4 is 50.5 Å². The van der Waals surface area contributed by atoms with Gasteiger partial charge in [0.15, 0.2) is 0 Å². The summed E-state index contributed by atoms with van der Waals surface area (Å²) in [6.45, 7) is 0. The predicted molar refractivity (Wildman–Crippen MR) is 74.5 cm³/mol. The summed E-state index contributed by atoms with van der Waals surface area (Å²) in [4.78, 5) is 1.00. The Morgan fingerprint density at radius 1 is 1.19 bits per heavy atom. The van der Waals surface area contributed by atoms with Crippen molar-refractivity contribution in [2.75, 3.05) is 0 Å². The van der Waals surface area contributed by atoms with Gasteiger partial charge in [-0.1, -0.05) is 39.1 Å². The average molecular weight is 337 g/mol. The van der Waals surface area contributed by atoms with Gasteiger partial charge in [-0.05, 0) is 35.9 Å². The lowest BCUT2D eigenvalue weighted by Crippen LogP contribution is -2.10. The SMILES string of the molecule is NC(c1ccc(Cl)s1)c1cc(Br)ccc1Cl. The highest BCUT2D eigenvalue weighted by molar-refractivity contribution is 9.10. The van der Waals surface area contributed by atoms with Gasteiger partial charge in [-0.2, -0.15) is 0 Å². The molecule has 0 saturated carbocycles. The van der Waals surface area contributed by atoms with Gasteiger partial charge < -0.3 is 5.73 Å². The fourth-order valence-corrected chi connectivity index (χ4v) is 3.10. The summed E-state index contributed by atoms with van der Waals surface area (Å²) in [7, 11) is 0. The maximum Gasteiger partial charge on any atom is 0.0931 e. The minimum atomic E-state index is -0.234. The molecular formula is C11H8BrCl2NS. The van der Waals surface area contributed by atoms with Crippen LogP contribution in [0.4, 0.5) is 0 Å². The molecule has 0 amide bonds. The minimum Gasteiger partial charge on any atom is -0.320 e. The third kappa shape index (κ3) is 2.60. The van der Waals surface area contributed by atoms with Gasteiger partial charge in [-0.3, -0.25) is 0 Å². The third-order valence-corrected chi connectivity index (χ3v) is 4.35. The van der Waals surface area contributed by atoms with Crippen LogP contribution in [0.5, 0.6) is 0 Å². The first-order chi connectivity index (χ1) is 7.58. The van der Waals surface area contributed by atoms with Crippen LogP contribution in [-0.4, -0.2) is 0 Å². The largest absolute Gasteiger partial charge is 0.320 e. The van der Waals surface area contributed by atoms with Crippen molar-refractivity contribution in [1.29, 1.82) is 0 Å². The first-order valence-electron chi connectivity index (χ1n) is 4.53. The second kappa shape index (κ2) is 5.07. The van der Waals surface area contributed by atoms with Crippen molar-refractivity contribution in [3.63, 3.8) is 0 Å². The van der Waals surface area contributed by atoms with Gasteiger partial charge in [0.25, 0.3) is 0 Å². The number of hydrogen-bond donors (Lipinski definition) is 1. The molecule has 5 heteroatoms. The van der Waals surface area contributed by atoms with Crippen molar-refractivity contribution in [2.24, 2.45) is 5.73 Å². The normalized spacial score (nSPS) is 12.8. The highest BCUT2D eigenvalue weighted by Crippen LogP contribution is 2.33. The maximum absolute atomic E-state index is 6.15. The van der Waals surface area contributed by atoms with Gasteiger partial charge in [0.05, 0.1) is 10.4 Å². The van der Waals surface area contributed by atoms with E-state index >= 15 is 0 Å². The number of halogens is 3. The molecule has 16 heavy (non-hydrogen) atoms. The van der Waals surface area contributed by atoms with Crippen LogP contribution >= 0.6 is 50.5 Å². The van der Waals surface area contributed by atoms with E-state index in [1.54, 1.807) is 0 Å². The molecule has 1 atom stereocenters. The average Bonchev–Trinajstić information content (AvgIpc) is 2.67. The summed E-state index contributed by atoms with van der Waals surface area (Å²) >= 11 is 16.9. The monoisotopic (exact) mass is 335 g/mol. The molecule has 0 radical (unpaired) electrons. The zero-order valence-corrected chi connectivity index (χ0v) is 12.0. The second-order valence-electron chi connectivity index (χ2n) is 3.29. The van der Waals surface area contributed by atoms with Crippen LogP contribution in [0.15, 0.2) is 34.8 Å². The van der Waals surface area contributed by atoms with Crippen molar-refractivity contribution in [3.8, 4) is 0 Å². The van der Waals surface area contributed by atoms with E-state index in [2.05, 4.69) is 15.9 Å². The summed E-state index contributed by atoms with van der Waals surface area (Å²) in [6, 6.07) is 9.18.